The van der Waals surface area contributed by atoms with Crippen LogP contribution < -0.4 is 19.9 Å². The maximum atomic E-state index is 5.91. The number of nitrogens with two attached hydrogens (primary N) is 1. The van der Waals surface area contributed by atoms with Crippen molar-refractivity contribution >= 4 is 0 Å². The summed E-state index contributed by atoms with van der Waals surface area (Å²) in [6.07, 6.45) is 0. The van der Waals surface area contributed by atoms with Gasteiger partial charge in [0.15, 0.2) is 11.5 Å². The molecular formula is C14H22N2O3. The number of hydrogen-bond donors (Lipinski definition) is 1. The van der Waals surface area contributed by atoms with E-state index in [2.05, 4.69) is 11.8 Å². The number of hydrogen-bond acceptors (Lipinski definition) is 5. The number of benzene rings is 1. The molecule has 0 bridgehead atoms. The van der Waals surface area contributed by atoms with Gasteiger partial charge in [0, 0.05) is 24.7 Å². The number of nitrogens with zero attached hydrogens (tertiary/aromatic N) is 1. The molecule has 1 aliphatic rings. The average Bonchev–Trinajstić information content (AvgIpc) is 2.81. The van der Waals surface area contributed by atoms with Crippen LogP contribution in [-0.4, -0.2) is 39.3 Å². The maximum absolute atomic E-state index is 5.91. The van der Waals surface area contributed by atoms with Gasteiger partial charge >= 0.3 is 0 Å². The second-order valence-corrected chi connectivity index (χ2v) is 4.53. The van der Waals surface area contributed by atoms with Gasteiger partial charge in [-0.2, -0.15) is 0 Å². The molecular weight excluding hydrogens is 244 g/mol. The normalized spacial score (nSPS) is 18.3. The van der Waals surface area contributed by atoms with Crippen molar-refractivity contribution in [1.82, 2.24) is 4.90 Å². The van der Waals surface area contributed by atoms with Gasteiger partial charge in [0.05, 0.1) is 21.3 Å². The predicted octanol–water partition coefficient (Wildman–Crippen LogP) is 1.55. The Morgan fingerprint density at radius 2 is 1.89 bits per heavy atom. The van der Waals surface area contributed by atoms with Crippen molar-refractivity contribution in [2.75, 3.05) is 34.4 Å². The first-order valence-corrected chi connectivity index (χ1v) is 6.47. The van der Waals surface area contributed by atoms with Crippen molar-refractivity contribution in [2.24, 2.45) is 5.73 Å². The summed E-state index contributed by atoms with van der Waals surface area (Å²) in [5, 5.41) is 0. The molecule has 0 saturated carbocycles. The zero-order chi connectivity index (χ0) is 14.0. The van der Waals surface area contributed by atoms with Gasteiger partial charge in [-0.15, -0.1) is 0 Å². The third kappa shape index (κ3) is 2.13. The molecule has 1 atom stereocenters. The van der Waals surface area contributed by atoms with Gasteiger partial charge in [-0.1, -0.05) is 6.92 Å². The van der Waals surface area contributed by atoms with Crippen LogP contribution in [0.4, 0.5) is 0 Å². The van der Waals surface area contributed by atoms with Gasteiger partial charge < -0.3 is 19.9 Å². The molecule has 0 radical (unpaired) electrons. The second-order valence-electron chi connectivity index (χ2n) is 4.53. The fourth-order valence-corrected chi connectivity index (χ4v) is 2.81. The first kappa shape index (κ1) is 14.0. The van der Waals surface area contributed by atoms with Crippen LogP contribution in [0.15, 0.2) is 6.07 Å². The van der Waals surface area contributed by atoms with Crippen LogP contribution in [-0.2, 0) is 6.54 Å². The van der Waals surface area contributed by atoms with Gasteiger partial charge in [-0.25, -0.2) is 0 Å². The first-order chi connectivity index (χ1) is 9.21. The van der Waals surface area contributed by atoms with Crippen molar-refractivity contribution in [1.29, 1.82) is 0 Å². The molecule has 1 heterocycles. The van der Waals surface area contributed by atoms with E-state index in [9.17, 15) is 0 Å². The molecule has 2 N–H and O–H groups in total. The van der Waals surface area contributed by atoms with Crippen LogP contribution >= 0.6 is 0 Å². The third-order valence-electron chi connectivity index (χ3n) is 3.76. The molecule has 1 aromatic rings. The average molecular weight is 266 g/mol. The molecule has 106 valence electrons. The lowest BCUT2D eigenvalue weighted by atomic mass is 10.0. The van der Waals surface area contributed by atoms with Crippen LogP contribution in [0, 0.1) is 0 Å². The molecule has 5 heteroatoms. The minimum atomic E-state index is 0.216. The summed E-state index contributed by atoms with van der Waals surface area (Å²) in [4.78, 5) is 2.33. The van der Waals surface area contributed by atoms with E-state index in [4.69, 9.17) is 19.9 Å². The highest BCUT2D eigenvalue weighted by Crippen LogP contribution is 2.48. The Morgan fingerprint density at radius 3 is 2.37 bits per heavy atom. The van der Waals surface area contributed by atoms with E-state index in [1.807, 2.05) is 6.07 Å². The highest BCUT2D eigenvalue weighted by Gasteiger charge is 2.33. The summed E-state index contributed by atoms with van der Waals surface area (Å²) in [6, 6.07) is 2.23. The monoisotopic (exact) mass is 266 g/mol. The number of likely N-dealkylation sites (N-methyl/N-ethyl adjacent to an activating group) is 1. The van der Waals surface area contributed by atoms with Crippen molar-refractivity contribution in [3.8, 4) is 17.2 Å². The SMILES string of the molecule is CCN1Cc2c(cc(OC)c(OC)c2OC)C1CN. The van der Waals surface area contributed by atoms with Crippen LogP contribution in [0.1, 0.15) is 24.1 Å². The van der Waals surface area contributed by atoms with Gasteiger partial charge in [0.2, 0.25) is 5.75 Å². The molecule has 2 rings (SSSR count). The van der Waals surface area contributed by atoms with E-state index >= 15 is 0 Å². The highest BCUT2D eigenvalue weighted by atomic mass is 16.5. The van der Waals surface area contributed by atoms with Crippen LogP contribution in [0.2, 0.25) is 0 Å². The lowest BCUT2D eigenvalue weighted by Crippen LogP contribution is -2.27. The highest BCUT2D eigenvalue weighted by molar-refractivity contribution is 5.61. The smallest absolute Gasteiger partial charge is 0.203 e. The Hall–Kier alpha value is -1.46. The summed E-state index contributed by atoms with van der Waals surface area (Å²) in [6.45, 7) is 4.50. The second kappa shape index (κ2) is 5.67. The van der Waals surface area contributed by atoms with Crippen molar-refractivity contribution in [2.45, 2.75) is 19.5 Å². The van der Waals surface area contributed by atoms with Crippen LogP contribution in [0.5, 0.6) is 17.2 Å². The summed E-state index contributed by atoms with van der Waals surface area (Å²) in [5.74, 6) is 2.10. The molecule has 1 aliphatic heterocycles. The fourth-order valence-electron chi connectivity index (χ4n) is 2.81. The Labute approximate surface area is 114 Å². The van der Waals surface area contributed by atoms with Gasteiger partial charge in [0.1, 0.15) is 0 Å². The minimum absolute atomic E-state index is 0.216. The molecule has 5 nitrogen and oxygen atoms in total. The quantitative estimate of drug-likeness (QED) is 0.876. The zero-order valence-electron chi connectivity index (χ0n) is 12.0. The molecule has 0 amide bonds. The Balaban J connectivity index is 2.60. The van der Waals surface area contributed by atoms with E-state index in [0.29, 0.717) is 18.0 Å². The lowest BCUT2D eigenvalue weighted by Gasteiger charge is -2.21. The van der Waals surface area contributed by atoms with Crippen LogP contribution in [0.3, 0.4) is 0 Å². The molecule has 0 saturated heterocycles. The van der Waals surface area contributed by atoms with Gasteiger partial charge in [-0.05, 0) is 18.2 Å². The zero-order valence-corrected chi connectivity index (χ0v) is 12.0. The number of methoxy groups -OCH3 is 3. The van der Waals surface area contributed by atoms with Crippen molar-refractivity contribution in [3.63, 3.8) is 0 Å². The van der Waals surface area contributed by atoms with E-state index in [0.717, 1.165) is 24.4 Å². The topological polar surface area (TPSA) is 57.0 Å². The van der Waals surface area contributed by atoms with Gasteiger partial charge in [0.25, 0.3) is 0 Å². The first-order valence-electron chi connectivity index (χ1n) is 6.47. The molecule has 0 fully saturated rings. The minimum Gasteiger partial charge on any atom is -0.493 e. The van der Waals surface area contributed by atoms with E-state index in [1.54, 1.807) is 21.3 Å². The summed E-state index contributed by atoms with van der Waals surface area (Å²) in [7, 11) is 4.91. The van der Waals surface area contributed by atoms with Crippen LogP contribution in [0.25, 0.3) is 0 Å². The molecule has 0 aromatic heterocycles. The Kier molecular flexibility index (Phi) is 4.17. The molecule has 19 heavy (non-hydrogen) atoms. The summed E-state index contributed by atoms with van der Waals surface area (Å²) < 4.78 is 16.4. The fraction of sp³-hybridized carbons (Fsp3) is 0.571. The van der Waals surface area contributed by atoms with E-state index in [1.165, 1.54) is 5.56 Å². The Morgan fingerprint density at radius 1 is 1.21 bits per heavy atom. The number of ether oxygens (including phenoxy) is 3. The lowest BCUT2D eigenvalue weighted by molar-refractivity contribution is 0.231. The third-order valence-corrected chi connectivity index (χ3v) is 3.76. The maximum Gasteiger partial charge on any atom is 0.203 e. The molecule has 1 aromatic carbocycles. The summed E-state index contributed by atoms with van der Waals surface area (Å²) >= 11 is 0. The molecule has 0 aliphatic carbocycles. The predicted molar refractivity (Wildman–Crippen MR) is 74.0 cm³/mol. The molecule has 0 spiro atoms. The van der Waals surface area contributed by atoms with Crippen molar-refractivity contribution in [3.05, 3.63) is 17.2 Å². The van der Waals surface area contributed by atoms with E-state index < -0.39 is 0 Å². The number of rotatable bonds is 5. The number of fused-ring (bicyclic) bond motifs is 1. The summed E-state index contributed by atoms with van der Waals surface area (Å²) in [5.41, 5.74) is 8.24. The largest absolute Gasteiger partial charge is 0.493 e. The Bertz CT molecular complexity index is 462. The standard InChI is InChI=1S/C14H22N2O3/c1-5-16-8-10-9(11(16)7-15)6-12(17-2)14(19-4)13(10)18-3/h6,11H,5,7-8,15H2,1-4H3. The van der Waals surface area contributed by atoms with E-state index in [-0.39, 0.29) is 6.04 Å². The van der Waals surface area contributed by atoms with Crippen molar-refractivity contribution < 1.29 is 14.2 Å². The molecule has 1 unspecified atom stereocenters. The van der Waals surface area contributed by atoms with Gasteiger partial charge in [-0.3, -0.25) is 4.90 Å².